The SMILES string of the molecule is CCNC(=NCCCCSC)NCCc1ccc(Cl)s1. The van der Waals surface area contributed by atoms with Crippen LogP contribution < -0.4 is 10.6 Å². The molecule has 0 aliphatic rings. The predicted molar refractivity (Wildman–Crippen MR) is 94.6 cm³/mol. The van der Waals surface area contributed by atoms with Crippen LogP contribution in [0.5, 0.6) is 0 Å². The van der Waals surface area contributed by atoms with Crippen LogP contribution in [-0.2, 0) is 6.42 Å². The van der Waals surface area contributed by atoms with Gasteiger partial charge in [-0.15, -0.1) is 11.3 Å². The van der Waals surface area contributed by atoms with E-state index in [0.29, 0.717) is 0 Å². The van der Waals surface area contributed by atoms with E-state index in [1.807, 2.05) is 17.8 Å². The average molecular weight is 334 g/mol. The van der Waals surface area contributed by atoms with Gasteiger partial charge in [0.1, 0.15) is 0 Å². The molecule has 2 N–H and O–H groups in total. The molecule has 0 aromatic carbocycles. The van der Waals surface area contributed by atoms with Crippen molar-refractivity contribution in [2.75, 3.05) is 31.6 Å². The standard InChI is InChI=1S/C14H24ClN3S2/c1-3-16-14(17-9-4-5-11-19-2)18-10-8-12-6-7-13(15)20-12/h6-7H,3-5,8-11H2,1-2H3,(H2,16,17,18). The molecule has 1 aromatic rings. The van der Waals surface area contributed by atoms with Gasteiger partial charge in [0.2, 0.25) is 0 Å². The van der Waals surface area contributed by atoms with Gasteiger partial charge in [0.25, 0.3) is 0 Å². The molecule has 6 heteroatoms. The van der Waals surface area contributed by atoms with E-state index in [2.05, 4.69) is 34.9 Å². The third kappa shape index (κ3) is 8.02. The number of nitrogens with one attached hydrogen (secondary N) is 2. The molecule has 1 rings (SSSR count). The molecule has 0 atom stereocenters. The van der Waals surface area contributed by atoms with Crippen LogP contribution in [0.3, 0.4) is 0 Å². The minimum Gasteiger partial charge on any atom is -0.357 e. The molecule has 0 spiro atoms. The van der Waals surface area contributed by atoms with Crippen LogP contribution in [0, 0.1) is 0 Å². The molecule has 3 nitrogen and oxygen atoms in total. The lowest BCUT2D eigenvalue weighted by atomic mass is 10.3. The monoisotopic (exact) mass is 333 g/mol. The molecule has 0 bridgehead atoms. The van der Waals surface area contributed by atoms with E-state index >= 15 is 0 Å². The number of unbranched alkanes of at least 4 members (excludes halogenated alkanes) is 1. The molecule has 114 valence electrons. The molecule has 0 aliphatic carbocycles. The van der Waals surface area contributed by atoms with Crippen molar-refractivity contribution < 1.29 is 0 Å². The van der Waals surface area contributed by atoms with Crippen molar-refractivity contribution in [2.24, 2.45) is 4.99 Å². The van der Waals surface area contributed by atoms with Gasteiger partial charge in [-0.1, -0.05) is 11.6 Å². The van der Waals surface area contributed by atoms with Gasteiger partial charge in [0, 0.05) is 24.5 Å². The molecular formula is C14H24ClN3S2. The molecule has 20 heavy (non-hydrogen) atoms. The maximum atomic E-state index is 5.92. The van der Waals surface area contributed by atoms with E-state index in [1.165, 1.54) is 17.1 Å². The van der Waals surface area contributed by atoms with Gasteiger partial charge in [-0.3, -0.25) is 4.99 Å². The van der Waals surface area contributed by atoms with Crippen LogP contribution in [0.4, 0.5) is 0 Å². The van der Waals surface area contributed by atoms with E-state index in [0.717, 1.165) is 42.8 Å². The van der Waals surface area contributed by atoms with Gasteiger partial charge in [0.15, 0.2) is 5.96 Å². The summed E-state index contributed by atoms with van der Waals surface area (Å²) < 4.78 is 0.856. The molecule has 0 fully saturated rings. The van der Waals surface area contributed by atoms with Gasteiger partial charge >= 0.3 is 0 Å². The maximum Gasteiger partial charge on any atom is 0.191 e. The van der Waals surface area contributed by atoms with E-state index in [1.54, 1.807) is 11.3 Å². The Bertz CT molecular complexity index is 394. The summed E-state index contributed by atoms with van der Waals surface area (Å²) >= 11 is 9.46. The number of rotatable bonds is 9. The number of thiophene rings is 1. The van der Waals surface area contributed by atoms with Crippen molar-refractivity contribution in [3.05, 3.63) is 21.3 Å². The number of nitrogens with zero attached hydrogens (tertiary/aromatic N) is 1. The van der Waals surface area contributed by atoms with E-state index in [4.69, 9.17) is 11.6 Å². The number of hydrogen-bond acceptors (Lipinski definition) is 3. The van der Waals surface area contributed by atoms with E-state index in [9.17, 15) is 0 Å². The molecule has 1 heterocycles. The normalized spacial score (nSPS) is 11.7. The zero-order valence-corrected chi connectivity index (χ0v) is 14.6. The van der Waals surface area contributed by atoms with Crippen molar-refractivity contribution in [1.82, 2.24) is 10.6 Å². The first-order valence-corrected chi connectivity index (χ1v) is 9.60. The lowest BCUT2D eigenvalue weighted by Crippen LogP contribution is -2.38. The van der Waals surface area contributed by atoms with Crippen LogP contribution in [0.15, 0.2) is 17.1 Å². The fourth-order valence-electron chi connectivity index (χ4n) is 1.68. The quantitative estimate of drug-likeness (QED) is 0.411. The minimum absolute atomic E-state index is 0.856. The lowest BCUT2D eigenvalue weighted by Gasteiger charge is -2.10. The van der Waals surface area contributed by atoms with Crippen LogP contribution >= 0.6 is 34.7 Å². The Labute approximate surface area is 135 Å². The van der Waals surface area contributed by atoms with Crippen LogP contribution in [0.1, 0.15) is 24.6 Å². The van der Waals surface area contributed by atoms with Gasteiger partial charge < -0.3 is 10.6 Å². The Morgan fingerprint density at radius 1 is 1.35 bits per heavy atom. The highest BCUT2D eigenvalue weighted by Gasteiger charge is 2.00. The molecule has 0 unspecified atom stereocenters. The third-order valence-electron chi connectivity index (χ3n) is 2.66. The summed E-state index contributed by atoms with van der Waals surface area (Å²) in [6.07, 6.45) is 5.51. The second-order valence-corrected chi connectivity index (χ2v) is 7.13. The smallest absolute Gasteiger partial charge is 0.191 e. The minimum atomic E-state index is 0.856. The van der Waals surface area contributed by atoms with Crippen molar-refractivity contribution in [2.45, 2.75) is 26.2 Å². The van der Waals surface area contributed by atoms with Gasteiger partial charge in [-0.25, -0.2) is 0 Å². The Kier molecular flexibility index (Phi) is 9.97. The summed E-state index contributed by atoms with van der Waals surface area (Å²) in [7, 11) is 0. The highest BCUT2D eigenvalue weighted by atomic mass is 35.5. The zero-order valence-electron chi connectivity index (χ0n) is 12.2. The van der Waals surface area contributed by atoms with Crippen molar-refractivity contribution in [3.63, 3.8) is 0 Å². The van der Waals surface area contributed by atoms with Gasteiger partial charge in [-0.05, 0) is 50.3 Å². The summed E-state index contributed by atoms with van der Waals surface area (Å²) in [5.41, 5.74) is 0. The van der Waals surface area contributed by atoms with Crippen molar-refractivity contribution in [3.8, 4) is 0 Å². The second kappa shape index (κ2) is 11.3. The lowest BCUT2D eigenvalue weighted by molar-refractivity contribution is 0.773. The largest absolute Gasteiger partial charge is 0.357 e. The first kappa shape index (κ1) is 17.7. The first-order valence-electron chi connectivity index (χ1n) is 7.01. The van der Waals surface area contributed by atoms with Crippen molar-refractivity contribution >= 4 is 40.7 Å². The van der Waals surface area contributed by atoms with Gasteiger partial charge in [-0.2, -0.15) is 11.8 Å². The molecule has 0 saturated heterocycles. The molecule has 0 aliphatic heterocycles. The number of hydrogen-bond donors (Lipinski definition) is 2. The van der Waals surface area contributed by atoms with Crippen LogP contribution in [0.25, 0.3) is 0 Å². The Hall–Kier alpha value is -0.390. The number of halogens is 1. The Morgan fingerprint density at radius 3 is 2.85 bits per heavy atom. The van der Waals surface area contributed by atoms with E-state index < -0.39 is 0 Å². The molecule has 0 amide bonds. The number of aliphatic imine (C=N–C) groups is 1. The molecule has 0 saturated carbocycles. The van der Waals surface area contributed by atoms with Crippen molar-refractivity contribution in [1.29, 1.82) is 0 Å². The van der Waals surface area contributed by atoms with E-state index in [-0.39, 0.29) is 0 Å². The van der Waals surface area contributed by atoms with Crippen LogP contribution in [0.2, 0.25) is 4.34 Å². The summed E-state index contributed by atoms with van der Waals surface area (Å²) in [5, 5.41) is 6.64. The summed E-state index contributed by atoms with van der Waals surface area (Å²) in [5.74, 6) is 2.14. The summed E-state index contributed by atoms with van der Waals surface area (Å²) in [6.45, 7) is 4.75. The third-order valence-corrected chi connectivity index (χ3v) is 4.65. The maximum absolute atomic E-state index is 5.92. The highest BCUT2D eigenvalue weighted by molar-refractivity contribution is 7.98. The topological polar surface area (TPSA) is 36.4 Å². The molecular weight excluding hydrogens is 310 g/mol. The molecule has 0 radical (unpaired) electrons. The summed E-state index contributed by atoms with van der Waals surface area (Å²) in [6, 6.07) is 4.04. The second-order valence-electron chi connectivity index (χ2n) is 4.34. The Morgan fingerprint density at radius 2 is 2.20 bits per heavy atom. The average Bonchev–Trinajstić information content (AvgIpc) is 2.84. The number of thioether (sulfide) groups is 1. The Balaban J connectivity index is 2.25. The predicted octanol–water partition coefficient (Wildman–Crippen LogP) is 3.64. The number of guanidine groups is 1. The highest BCUT2D eigenvalue weighted by Crippen LogP contribution is 2.21. The summed E-state index contributed by atoms with van der Waals surface area (Å²) in [4.78, 5) is 5.89. The first-order chi connectivity index (χ1) is 9.76. The zero-order chi connectivity index (χ0) is 14.6. The fourth-order valence-corrected chi connectivity index (χ4v) is 3.26. The fraction of sp³-hybridized carbons (Fsp3) is 0.643. The molecule has 1 aromatic heterocycles. The van der Waals surface area contributed by atoms with Crippen LogP contribution in [-0.4, -0.2) is 37.6 Å². The van der Waals surface area contributed by atoms with Gasteiger partial charge in [0.05, 0.1) is 4.34 Å².